The molecule has 0 bridgehead atoms. The summed E-state index contributed by atoms with van der Waals surface area (Å²) in [4.78, 5) is 0. The predicted octanol–water partition coefficient (Wildman–Crippen LogP) is 6.69. The molecule has 2 heteroatoms. The third-order valence-electron chi connectivity index (χ3n) is 5.10. The lowest BCUT2D eigenvalue weighted by Gasteiger charge is -2.15. The van der Waals surface area contributed by atoms with Crippen LogP contribution in [0.4, 0.5) is 0 Å². The molecule has 2 nitrogen and oxygen atoms in total. The number of hydrogen-bond donors (Lipinski definition) is 1. The average molecular weight is 367 g/mol. The molecule has 0 aliphatic rings. The van der Waals surface area contributed by atoms with Crippen LogP contribution in [-0.2, 0) is 6.54 Å². The Morgan fingerprint density at radius 1 is 0.857 bits per heavy atom. The highest BCUT2D eigenvalue weighted by Gasteiger charge is 2.18. The number of aromatic hydroxyl groups is 1. The summed E-state index contributed by atoms with van der Waals surface area (Å²) in [5.74, 6) is 0.655. The molecule has 1 heterocycles. The lowest BCUT2D eigenvalue weighted by Crippen LogP contribution is -2.06. The second-order valence-corrected chi connectivity index (χ2v) is 7.47. The second kappa shape index (κ2) is 7.77. The molecule has 28 heavy (non-hydrogen) atoms. The molecular formula is C26H25NO. The maximum Gasteiger partial charge on any atom is 0.116 e. The van der Waals surface area contributed by atoms with Gasteiger partial charge in [0.1, 0.15) is 5.75 Å². The largest absolute Gasteiger partial charge is 0.508 e. The van der Waals surface area contributed by atoms with E-state index in [-0.39, 0.29) is 0 Å². The van der Waals surface area contributed by atoms with Gasteiger partial charge >= 0.3 is 0 Å². The van der Waals surface area contributed by atoms with Gasteiger partial charge in [0, 0.05) is 28.7 Å². The van der Waals surface area contributed by atoms with Crippen molar-refractivity contribution in [3.8, 4) is 5.75 Å². The highest BCUT2D eigenvalue weighted by atomic mass is 16.3. The Morgan fingerprint density at radius 3 is 2.21 bits per heavy atom. The minimum absolute atomic E-state index is 0.300. The standard InChI is InChI=1S/C26H25NO/c1-19(2)26-23(15-13-20-9-5-3-6-10-20)24-17-22(28)14-16-25(24)27(26)18-21-11-7-4-8-12-21/h3-17,19,28H,18H2,1-2H3. The van der Waals surface area contributed by atoms with Gasteiger partial charge in [-0.2, -0.15) is 0 Å². The van der Waals surface area contributed by atoms with Crippen LogP contribution < -0.4 is 0 Å². The molecule has 4 rings (SSSR count). The van der Waals surface area contributed by atoms with E-state index in [0.29, 0.717) is 11.7 Å². The van der Waals surface area contributed by atoms with Crippen LogP contribution in [0.5, 0.6) is 5.75 Å². The van der Waals surface area contributed by atoms with Crippen molar-refractivity contribution in [1.82, 2.24) is 4.57 Å². The normalized spacial score (nSPS) is 11.7. The Hall–Kier alpha value is -3.26. The van der Waals surface area contributed by atoms with Crippen LogP contribution >= 0.6 is 0 Å². The second-order valence-electron chi connectivity index (χ2n) is 7.47. The van der Waals surface area contributed by atoms with Crippen LogP contribution in [0.3, 0.4) is 0 Å². The predicted molar refractivity (Wildman–Crippen MR) is 119 cm³/mol. The van der Waals surface area contributed by atoms with Gasteiger partial charge in [0.2, 0.25) is 0 Å². The molecule has 0 saturated carbocycles. The van der Waals surface area contributed by atoms with Crippen molar-refractivity contribution < 1.29 is 5.11 Å². The van der Waals surface area contributed by atoms with E-state index >= 15 is 0 Å². The molecular weight excluding hydrogens is 342 g/mol. The van der Waals surface area contributed by atoms with Crippen LogP contribution in [-0.4, -0.2) is 9.67 Å². The number of nitrogens with zero attached hydrogens (tertiary/aromatic N) is 1. The Morgan fingerprint density at radius 2 is 1.54 bits per heavy atom. The summed E-state index contributed by atoms with van der Waals surface area (Å²) in [5.41, 5.74) is 6.06. The van der Waals surface area contributed by atoms with E-state index in [1.165, 1.54) is 22.4 Å². The monoisotopic (exact) mass is 367 g/mol. The number of aromatic nitrogens is 1. The van der Waals surface area contributed by atoms with E-state index in [2.05, 4.69) is 67.0 Å². The summed E-state index contributed by atoms with van der Waals surface area (Å²) in [6.45, 7) is 5.28. The molecule has 0 fully saturated rings. The molecule has 0 atom stereocenters. The molecule has 1 aromatic heterocycles. The molecule has 0 aliphatic carbocycles. The van der Waals surface area contributed by atoms with Gasteiger partial charge < -0.3 is 9.67 Å². The van der Waals surface area contributed by atoms with Crippen LogP contribution in [0.1, 0.15) is 42.1 Å². The number of fused-ring (bicyclic) bond motifs is 1. The van der Waals surface area contributed by atoms with Crippen LogP contribution in [0.25, 0.3) is 23.1 Å². The lowest BCUT2D eigenvalue weighted by atomic mass is 10.0. The van der Waals surface area contributed by atoms with Crippen molar-refractivity contribution >= 4 is 23.1 Å². The van der Waals surface area contributed by atoms with Gasteiger partial charge in [-0.1, -0.05) is 86.7 Å². The van der Waals surface area contributed by atoms with Crippen molar-refractivity contribution in [2.24, 2.45) is 0 Å². The third kappa shape index (κ3) is 3.59. The van der Waals surface area contributed by atoms with E-state index in [0.717, 1.165) is 17.4 Å². The van der Waals surface area contributed by atoms with Gasteiger partial charge in [-0.25, -0.2) is 0 Å². The number of phenolic OH excluding ortho intramolecular Hbond substituents is 1. The Labute approximate surface area is 166 Å². The SMILES string of the molecule is CC(C)c1c(C=Cc2ccccc2)c2cc(O)ccc2n1Cc1ccccc1. The summed E-state index contributed by atoms with van der Waals surface area (Å²) in [7, 11) is 0. The third-order valence-corrected chi connectivity index (χ3v) is 5.10. The maximum absolute atomic E-state index is 10.1. The Kier molecular flexibility index (Phi) is 5.03. The fourth-order valence-electron chi connectivity index (χ4n) is 3.87. The van der Waals surface area contributed by atoms with Crippen LogP contribution in [0.2, 0.25) is 0 Å². The van der Waals surface area contributed by atoms with Crippen molar-refractivity contribution in [2.45, 2.75) is 26.3 Å². The van der Waals surface area contributed by atoms with E-state index in [1.807, 2.05) is 36.4 Å². The van der Waals surface area contributed by atoms with Gasteiger partial charge in [-0.3, -0.25) is 0 Å². The van der Waals surface area contributed by atoms with Crippen molar-refractivity contribution in [2.75, 3.05) is 0 Å². The van der Waals surface area contributed by atoms with Crippen molar-refractivity contribution in [3.05, 3.63) is 101 Å². The summed E-state index contributed by atoms with van der Waals surface area (Å²) in [6, 6.07) is 26.6. The zero-order valence-corrected chi connectivity index (χ0v) is 16.3. The van der Waals surface area contributed by atoms with Gasteiger partial charge in [0.15, 0.2) is 0 Å². The topological polar surface area (TPSA) is 25.2 Å². The van der Waals surface area contributed by atoms with E-state index < -0.39 is 0 Å². The lowest BCUT2D eigenvalue weighted by molar-refractivity contribution is 0.476. The minimum Gasteiger partial charge on any atom is -0.508 e. The first-order valence-corrected chi connectivity index (χ1v) is 9.75. The van der Waals surface area contributed by atoms with E-state index in [1.54, 1.807) is 6.07 Å². The molecule has 0 amide bonds. The zero-order chi connectivity index (χ0) is 19.5. The van der Waals surface area contributed by atoms with E-state index in [9.17, 15) is 5.11 Å². The van der Waals surface area contributed by atoms with E-state index in [4.69, 9.17) is 0 Å². The van der Waals surface area contributed by atoms with Gasteiger partial charge in [0.05, 0.1) is 0 Å². The molecule has 0 radical (unpaired) electrons. The van der Waals surface area contributed by atoms with Crippen LogP contribution in [0.15, 0.2) is 78.9 Å². The summed E-state index contributed by atoms with van der Waals surface area (Å²) in [5, 5.41) is 11.2. The number of phenols is 1. The first-order valence-electron chi connectivity index (χ1n) is 9.75. The fraction of sp³-hybridized carbons (Fsp3) is 0.154. The number of benzene rings is 3. The molecule has 0 saturated heterocycles. The molecule has 3 aromatic carbocycles. The quantitative estimate of drug-likeness (QED) is 0.418. The fourth-order valence-corrected chi connectivity index (χ4v) is 3.87. The van der Waals surface area contributed by atoms with Crippen molar-refractivity contribution in [3.63, 3.8) is 0 Å². The zero-order valence-electron chi connectivity index (χ0n) is 16.3. The van der Waals surface area contributed by atoms with Gasteiger partial charge in [-0.15, -0.1) is 0 Å². The number of rotatable bonds is 5. The summed E-state index contributed by atoms with van der Waals surface area (Å²) >= 11 is 0. The molecule has 0 spiro atoms. The molecule has 4 aromatic rings. The first-order chi connectivity index (χ1) is 13.6. The molecule has 0 aliphatic heterocycles. The highest BCUT2D eigenvalue weighted by molar-refractivity contribution is 5.95. The van der Waals surface area contributed by atoms with Gasteiger partial charge in [-0.05, 0) is 35.2 Å². The summed E-state index contributed by atoms with van der Waals surface area (Å²) in [6.07, 6.45) is 4.34. The molecule has 0 unspecified atom stereocenters. The highest BCUT2D eigenvalue weighted by Crippen LogP contribution is 2.35. The maximum atomic E-state index is 10.1. The summed E-state index contributed by atoms with van der Waals surface area (Å²) < 4.78 is 2.39. The smallest absolute Gasteiger partial charge is 0.116 e. The Balaban J connectivity index is 1.91. The molecule has 140 valence electrons. The minimum atomic E-state index is 0.300. The number of hydrogen-bond acceptors (Lipinski definition) is 1. The Bertz CT molecular complexity index is 1110. The van der Waals surface area contributed by atoms with Gasteiger partial charge in [0.25, 0.3) is 0 Å². The van der Waals surface area contributed by atoms with Crippen molar-refractivity contribution in [1.29, 1.82) is 0 Å². The molecule has 1 N–H and O–H groups in total. The first kappa shape index (κ1) is 18.1. The average Bonchev–Trinajstić information content (AvgIpc) is 3.00. The van der Waals surface area contributed by atoms with Crippen LogP contribution in [0, 0.1) is 0 Å².